The summed E-state index contributed by atoms with van der Waals surface area (Å²) in [5.41, 5.74) is 5.35. The van der Waals surface area contributed by atoms with Crippen LogP contribution in [0.2, 0.25) is 0 Å². The zero-order valence-corrected chi connectivity index (χ0v) is 10.1. The minimum Gasteiger partial charge on any atom is -0.403 e. The van der Waals surface area contributed by atoms with E-state index in [0.717, 1.165) is 6.20 Å². The van der Waals surface area contributed by atoms with Crippen LogP contribution >= 0.6 is 38.5 Å². The Morgan fingerprint density at radius 2 is 2.07 bits per heavy atom. The van der Waals surface area contributed by atoms with Crippen molar-refractivity contribution in [3.63, 3.8) is 0 Å². The largest absolute Gasteiger partial charge is 0.573 e. The van der Waals surface area contributed by atoms with E-state index in [1.54, 1.807) is 22.6 Å². The minimum atomic E-state index is -4.73. The number of ether oxygens (including phenoxy) is 1. The summed E-state index contributed by atoms with van der Waals surface area (Å²) in [7, 11) is 0. The molecule has 0 aromatic carbocycles. The van der Waals surface area contributed by atoms with Gasteiger partial charge in [-0.2, -0.15) is 0 Å². The van der Waals surface area contributed by atoms with E-state index in [2.05, 4.69) is 25.7 Å². The van der Waals surface area contributed by atoms with Gasteiger partial charge < -0.3 is 10.5 Å². The quantitative estimate of drug-likeness (QED) is 0.760. The lowest BCUT2D eigenvalue weighted by Crippen LogP contribution is -2.18. The van der Waals surface area contributed by atoms with Gasteiger partial charge in [-0.25, -0.2) is 4.98 Å². The number of rotatable bonds is 1. The highest BCUT2D eigenvalue weighted by Gasteiger charge is 2.32. The Labute approximate surface area is 99.1 Å². The molecule has 0 bridgehead atoms. The van der Waals surface area contributed by atoms with Crippen molar-refractivity contribution in [3.8, 4) is 5.75 Å². The van der Waals surface area contributed by atoms with Crippen molar-refractivity contribution >= 4 is 44.3 Å². The molecule has 0 aliphatic rings. The first-order chi connectivity index (χ1) is 6.31. The number of alkyl halides is 3. The molecule has 0 saturated heterocycles. The Morgan fingerprint density at radius 1 is 1.50 bits per heavy atom. The first-order valence-corrected chi connectivity index (χ1v) is 5.03. The van der Waals surface area contributed by atoms with Gasteiger partial charge in [0, 0.05) is 0 Å². The summed E-state index contributed by atoms with van der Waals surface area (Å²) < 4.78 is 39.8. The van der Waals surface area contributed by atoms with Gasteiger partial charge >= 0.3 is 6.36 Å². The molecule has 14 heavy (non-hydrogen) atoms. The maximum absolute atomic E-state index is 11.9. The molecule has 0 aliphatic heterocycles. The lowest BCUT2D eigenvalue weighted by molar-refractivity contribution is -0.275. The number of anilines is 1. The van der Waals surface area contributed by atoms with Crippen molar-refractivity contribution in [2.45, 2.75) is 6.36 Å². The molecule has 0 saturated carbocycles. The fourth-order valence-electron chi connectivity index (χ4n) is 0.658. The molecule has 0 atom stereocenters. The smallest absolute Gasteiger partial charge is 0.403 e. The fraction of sp³-hybridized carbons (Fsp3) is 0.167. The van der Waals surface area contributed by atoms with E-state index in [1.165, 1.54) is 0 Å². The maximum atomic E-state index is 11.9. The molecule has 1 rings (SSSR count). The van der Waals surface area contributed by atoms with Crippen molar-refractivity contribution in [1.82, 2.24) is 4.98 Å². The maximum Gasteiger partial charge on any atom is 0.573 e. The van der Waals surface area contributed by atoms with Crippen molar-refractivity contribution in [2.75, 3.05) is 5.73 Å². The second-order valence-electron chi connectivity index (χ2n) is 2.18. The van der Waals surface area contributed by atoms with Gasteiger partial charge in [-0.3, -0.25) is 0 Å². The van der Waals surface area contributed by atoms with Crippen LogP contribution in [0, 0.1) is 3.57 Å². The van der Waals surface area contributed by atoms with E-state index in [4.69, 9.17) is 5.73 Å². The average Bonchev–Trinajstić information content (AvgIpc) is 2.04. The van der Waals surface area contributed by atoms with Crippen LogP contribution < -0.4 is 10.5 Å². The van der Waals surface area contributed by atoms with Crippen LogP contribution in [0.15, 0.2) is 10.7 Å². The number of halogens is 5. The summed E-state index contributed by atoms with van der Waals surface area (Å²) in [6.07, 6.45) is -3.80. The topological polar surface area (TPSA) is 48.1 Å². The number of hydrogen-bond acceptors (Lipinski definition) is 3. The highest BCUT2D eigenvalue weighted by atomic mass is 127. The SMILES string of the molecule is Nc1ncc(OC(F)(F)F)c(I)c1Br. The van der Waals surface area contributed by atoms with Crippen molar-refractivity contribution in [2.24, 2.45) is 0 Å². The lowest BCUT2D eigenvalue weighted by atomic mass is 10.4. The van der Waals surface area contributed by atoms with Crippen molar-refractivity contribution < 1.29 is 17.9 Å². The number of pyridine rings is 1. The number of nitrogen functional groups attached to an aromatic ring is 1. The summed E-state index contributed by atoms with van der Waals surface area (Å²) in [6.45, 7) is 0. The lowest BCUT2D eigenvalue weighted by Gasteiger charge is -2.11. The van der Waals surface area contributed by atoms with Gasteiger partial charge in [-0.15, -0.1) is 13.2 Å². The van der Waals surface area contributed by atoms with Crippen molar-refractivity contribution in [3.05, 3.63) is 14.2 Å². The molecule has 0 amide bonds. The molecule has 0 aliphatic carbocycles. The standard InChI is InChI=1S/C6H3BrF3IN2O/c7-3-4(11)2(1-13-5(3)12)14-6(8,9)10/h1H,(H2,12,13). The minimum absolute atomic E-state index is 0.115. The second-order valence-corrected chi connectivity index (χ2v) is 4.06. The fourth-order valence-corrected chi connectivity index (χ4v) is 1.48. The van der Waals surface area contributed by atoms with Gasteiger partial charge in [-0.1, -0.05) is 0 Å². The molecule has 0 radical (unpaired) electrons. The van der Waals surface area contributed by atoms with Gasteiger partial charge in [0.15, 0.2) is 5.75 Å². The Bertz CT molecular complexity index is 358. The van der Waals surface area contributed by atoms with Gasteiger partial charge in [0.1, 0.15) is 5.82 Å². The number of aromatic nitrogens is 1. The molecule has 1 aromatic rings. The molecule has 1 aromatic heterocycles. The Morgan fingerprint density at radius 3 is 2.57 bits per heavy atom. The van der Waals surface area contributed by atoms with Crippen LogP contribution in [0.3, 0.4) is 0 Å². The highest BCUT2D eigenvalue weighted by Crippen LogP contribution is 2.34. The zero-order chi connectivity index (χ0) is 10.9. The van der Waals surface area contributed by atoms with E-state index in [1.807, 2.05) is 0 Å². The molecule has 1 heterocycles. The average molecular weight is 383 g/mol. The van der Waals surface area contributed by atoms with Crippen molar-refractivity contribution in [1.29, 1.82) is 0 Å². The van der Waals surface area contributed by atoms with E-state index in [-0.39, 0.29) is 15.1 Å². The Kier molecular flexibility index (Phi) is 3.45. The number of nitrogens with two attached hydrogens (primary N) is 1. The number of nitrogens with zero attached hydrogens (tertiary/aromatic N) is 1. The molecular weight excluding hydrogens is 380 g/mol. The van der Waals surface area contributed by atoms with Gasteiger partial charge in [0.25, 0.3) is 0 Å². The summed E-state index contributed by atoms with van der Waals surface area (Å²) >= 11 is 4.67. The van der Waals surface area contributed by atoms with E-state index >= 15 is 0 Å². The third kappa shape index (κ3) is 2.87. The van der Waals surface area contributed by atoms with Crippen LogP contribution in [-0.2, 0) is 0 Å². The predicted octanol–water partition coefficient (Wildman–Crippen LogP) is 2.93. The van der Waals surface area contributed by atoms with Crippen LogP contribution in [0.1, 0.15) is 0 Å². The molecule has 8 heteroatoms. The predicted molar refractivity (Wildman–Crippen MR) is 55.7 cm³/mol. The summed E-state index contributed by atoms with van der Waals surface area (Å²) in [4.78, 5) is 3.52. The highest BCUT2D eigenvalue weighted by molar-refractivity contribution is 14.1. The van der Waals surface area contributed by atoms with E-state index in [0.29, 0.717) is 4.47 Å². The van der Waals surface area contributed by atoms with Crippen LogP contribution in [0.4, 0.5) is 19.0 Å². The molecule has 0 spiro atoms. The summed E-state index contributed by atoms with van der Waals surface area (Å²) in [5.74, 6) is -0.261. The molecule has 0 unspecified atom stereocenters. The van der Waals surface area contributed by atoms with Gasteiger partial charge in [-0.05, 0) is 38.5 Å². The van der Waals surface area contributed by atoms with E-state index in [9.17, 15) is 13.2 Å². The van der Waals surface area contributed by atoms with Crippen LogP contribution in [0.25, 0.3) is 0 Å². The third-order valence-electron chi connectivity index (χ3n) is 1.18. The van der Waals surface area contributed by atoms with Crippen LogP contribution in [-0.4, -0.2) is 11.3 Å². The van der Waals surface area contributed by atoms with Gasteiger partial charge in [0.05, 0.1) is 14.2 Å². The second kappa shape index (κ2) is 4.09. The Hall–Kier alpha value is -0.250. The molecular formula is C6H3BrF3IN2O. The molecule has 3 nitrogen and oxygen atoms in total. The Balaban J connectivity index is 3.06. The normalized spacial score (nSPS) is 11.5. The molecule has 78 valence electrons. The number of hydrogen-bond donors (Lipinski definition) is 1. The van der Waals surface area contributed by atoms with Crippen LogP contribution in [0.5, 0.6) is 5.75 Å². The summed E-state index contributed by atoms with van der Waals surface area (Å²) in [6, 6.07) is 0. The third-order valence-corrected chi connectivity index (χ3v) is 3.80. The zero-order valence-electron chi connectivity index (χ0n) is 6.40. The molecule has 2 N–H and O–H groups in total. The first kappa shape index (κ1) is 11.8. The van der Waals surface area contributed by atoms with E-state index < -0.39 is 6.36 Å². The monoisotopic (exact) mass is 382 g/mol. The first-order valence-electron chi connectivity index (χ1n) is 3.16. The van der Waals surface area contributed by atoms with Gasteiger partial charge in [0.2, 0.25) is 0 Å². The summed E-state index contributed by atoms with van der Waals surface area (Å²) in [5, 5.41) is 0. The molecule has 0 fully saturated rings.